The van der Waals surface area contributed by atoms with Crippen molar-refractivity contribution in [2.24, 2.45) is 0 Å². The first-order chi connectivity index (χ1) is 13.4. The Bertz CT molecular complexity index is 970. The van der Waals surface area contributed by atoms with Gasteiger partial charge in [0, 0.05) is 16.7 Å². The molecular formula is C21H21BrFN3O2. The van der Waals surface area contributed by atoms with E-state index in [1.807, 2.05) is 48.9 Å². The van der Waals surface area contributed by atoms with Gasteiger partial charge in [0.25, 0.3) is 5.91 Å². The number of hydrogen-bond donors (Lipinski definition) is 1. The molecule has 1 amide bonds. The molecule has 1 heterocycles. The Morgan fingerprint density at radius 2 is 1.93 bits per heavy atom. The highest BCUT2D eigenvalue weighted by Crippen LogP contribution is 2.21. The molecule has 146 valence electrons. The lowest BCUT2D eigenvalue weighted by molar-refractivity contribution is -0.123. The number of carbonyl (C=O) groups excluding carboxylic acids is 1. The minimum Gasteiger partial charge on any atom is -0.481 e. The normalized spacial score (nSPS) is 10.7. The lowest BCUT2D eigenvalue weighted by Gasteiger charge is -2.09. The fourth-order valence-electron chi connectivity index (χ4n) is 2.83. The van der Waals surface area contributed by atoms with Crippen LogP contribution in [0.5, 0.6) is 5.75 Å². The van der Waals surface area contributed by atoms with Gasteiger partial charge in [-0.25, -0.2) is 9.07 Å². The SMILES string of the molecule is Cc1cc(C)n(-c2ccc(CCNC(=O)COc3ccc(Br)cc3F)cc2)n1. The van der Waals surface area contributed by atoms with E-state index in [4.69, 9.17) is 4.74 Å². The summed E-state index contributed by atoms with van der Waals surface area (Å²) < 4.78 is 21.4. The van der Waals surface area contributed by atoms with E-state index in [1.54, 1.807) is 6.07 Å². The smallest absolute Gasteiger partial charge is 0.257 e. The highest BCUT2D eigenvalue weighted by atomic mass is 79.9. The van der Waals surface area contributed by atoms with Crippen molar-refractivity contribution >= 4 is 21.8 Å². The van der Waals surface area contributed by atoms with Crippen molar-refractivity contribution in [1.82, 2.24) is 15.1 Å². The van der Waals surface area contributed by atoms with E-state index in [1.165, 1.54) is 12.1 Å². The summed E-state index contributed by atoms with van der Waals surface area (Å²) in [4.78, 5) is 11.9. The van der Waals surface area contributed by atoms with Gasteiger partial charge in [-0.05, 0) is 62.2 Å². The first-order valence-corrected chi connectivity index (χ1v) is 9.69. The quantitative estimate of drug-likeness (QED) is 0.594. The second-order valence-electron chi connectivity index (χ2n) is 6.47. The van der Waals surface area contributed by atoms with Crippen LogP contribution in [0.4, 0.5) is 4.39 Å². The molecular weight excluding hydrogens is 425 g/mol. The highest BCUT2D eigenvalue weighted by Gasteiger charge is 2.08. The molecule has 3 rings (SSSR count). The summed E-state index contributed by atoms with van der Waals surface area (Å²) in [6.45, 7) is 4.24. The monoisotopic (exact) mass is 445 g/mol. The van der Waals surface area contributed by atoms with E-state index in [2.05, 4.69) is 26.3 Å². The summed E-state index contributed by atoms with van der Waals surface area (Å²) in [6.07, 6.45) is 0.690. The fraction of sp³-hybridized carbons (Fsp3) is 0.238. The zero-order valence-corrected chi connectivity index (χ0v) is 17.3. The molecule has 2 aromatic carbocycles. The Labute approximate surface area is 171 Å². The van der Waals surface area contributed by atoms with Gasteiger partial charge < -0.3 is 10.1 Å². The number of benzene rings is 2. The molecule has 1 aromatic heterocycles. The lowest BCUT2D eigenvalue weighted by Crippen LogP contribution is -2.30. The average Bonchev–Trinajstić information content (AvgIpc) is 3.00. The van der Waals surface area contributed by atoms with Gasteiger partial charge in [-0.1, -0.05) is 28.1 Å². The topological polar surface area (TPSA) is 56.2 Å². The second kappa shape index (κ2) is 9.01. The maximum absolute atomic E-state index is 13.7. The highest BCUT2D eigenvalue weighted by molar-refractivity contribution is 9.10. The number of nitrogens with zero attached hydrogens (tertiary/aromatic N) is 2. The number of aromatic nitrogens is 2. The van der Waals surface area contributed by atoms with E-state index in [0.717, 1.165) is 22.6 Å². The molecule has 0 fully saturated rings. The van der Waals surface area contributed by atoms with Crippen LogP contribution >= 0.6 is 15.9 Å². The van der Waals surface area contributed by atoms with Crippen LogP contribution in [-0.2, 0) is 11.2 Å². The van der Waals surface area contributed by atoms with Gasteiger partial charge in [-0.15, -0.1) is 0 Å². The van der Waals surface area contributed by atoms with E-state index in [0.29, 0.717) is 17.4 Å². The minimum atomic E-state index is -0.509. The summed E-state index contributed by atoms with van der Waals surface area (Å²) in [7, 11) is 0. The summed E-state index contributed by atoms with van der Waals surface area (Å²) >= 11 is 3.18. The molecule has 1 N–H and O–H groups in total. The van der Waals surface area contributed by atoms with Crippen LogP contribution in [0.25, 0.3) is 5.69 Å². The standard InChI is InChI=1S/C21H21BrFN3O2/c1-14-11-15(2)26(25-14)18-6-3-16(4-7-18)9-10-24-21(27)13-28-20-8-5-17(22)12-19(20)23/h3-8,11-12H,9-10,13H2,1-2H3,(H,24,27). The number of rotatable bonds is 7. The summed E-state index contributed by atoms with van der Waals surface area (Å²) in [5.74, 6) is -0.746. The third-order valence-corrected chi connectivity index (χ3v) is 4.67. The zero-order valence-electron chi connectivity index (χ0n) is 15.7. The Hall–Kier alpha value is -2.67. The van der Waals surface area contributed by atoms with Gasteiger partial charge in [0.05, 0.1) is 11.4 Å². The molecule has 0 aliphatic rings. The molecule has 0 spiro atoms. The molecule has 0 saturated heterocycles. The summed E-state index contributed by atoms with van der Waals surface area (Å²) in [5, 5.41) is 7.25. The predicted molar refractivity (Wildman–Crippen MR) is 109 cm³/mol. The van der Waals surface area contributed by atoms with E-state index >= 15 is 0 Å². The molecule has 0 saturated carbocycles. The van der Waals surface area contributed by atoms with E-state index in [-0.39, 0.29) is 18.3 Å². The minimum absolute atomic E-state index is 0.0538. The van der Waals surface area contributed by atoms with Gasteiger partial charge in [-0.3, -0.25) is 4.79 Å². The third-order valence-electron chi connectivity index (χ3n) is 4.18. The van der Waals surface area contributed by atoms with Crippen LogP contribution in [0, 0.1) is 19.7 Å². The molecule has 0 atom stereocenters. The van der Waals surface area contributed by atoms with Crippen LogP contribution in [0.1, 0.15) is 17.0 Å². The Morgan fingerprint density at radius 3 is 2.57 bits per heavy atom. The number of ether oxygens (including phenoxy) is 1. The number of carbonyl (C=O) groups is 1. The molecule has 0 aliphatic heterocycles. The van der Waals surface area contributed by atoms with Crippen LogP contribution < -0.4 is 10.1 Å². The van der Waals surface area contributed by atoms with E-state index < -0.39 is 5.82 Å². The second-order valence-corrected chi connectivity index (χ2v) is 7.38. The van der Waals surface area contributed by atoms with Crippen molar-refractivity contribution in [3.63, 3.8) is 0 Å². The summed E-state index contributed by atoms with van der Waals surface area (Å²) in [6, 6.07) is 14.5. The van der Waals surface area contributed by atoms with Crippen LogP contribution in [0.3, 0.4) is 0 Å². The molecule has 0 aliphatic carbocycles. The van der Waals surface area contributed by atoms with Crippen molar-refractivity contribution in [3.8, 4) is 11.4 Å². The maximum atomic E-state index is 13.7. The zero-order chi connectivity index (χ0) is 20.1. The largest absolute Gasteiger partial charge is 0.481 e. The summed E-state index contributed by atoms with van der Waals surface area (Å²) in [5.41, 5.74) is 4.17. The predicted octanol–water partition coefficient (Wildman–Crippen LogP) is 4.13. The molecule has 28 heavy (non-hydrogen) atoms. The first-order valence-electron chi connectivity index (χ1n) is 8.89. The number of amides is 1. The fourth-order valence-corrected chi connectivity index (χ4v) is 3.16. The van der Waals surface area contributed by atoms with Crippen molar-refractivity contribution in [2.75, 3.05) is 13.2 Å². The van der Waals surface area contributed by atoms with Gasteiger partial charge in [0.15, 0.2) is 18.2 Å². The average molecular weight is 446 g/mol. The molecule has 7 heteroatoms. The van der Waals surface area contributed by atoms with Crippen LogP contribution in [0.2, 0.25) is 0 Å². The molecule has 0 unspecified atom stereocenters. The lowest BCUT2D eigenvalue weighted by atomic mass is 10.1. The molecule has 3 aromatic rings. The molecule has 5 nitrogen and oxygen atoms in total. The number of halogens is 2. The number of nitrogens with one attached hydrogen (secondary N) is 1. The van der Waals surface area contributed by atoms with Gasteiger partial charge in [0.1, 0.15) is 0 Å². The van der Waals surface area contributed by atoms with Crippen LogP contribution in [0.15, 0.2) is 53.0 Å². The molecule has 0 bridgehead atoms. The van der Waals surface area contributed by atoms with Crippen molar-refractivity contribution < 1.29 is 13.9 Å². The van der Waals surface area contributed by atoms with Crippen molar-refractivity contribution in [3.05, 3.63) is 75.8 Å². The maximum Gasteiger partial charge on any atom is 0.257 e. The van der Waals surface area contributed by atoms with Gasteiger partial charge >= 0.3 is 0 Å². The number of aryl methyl sites for hydroxylation is 2. The van der Waals surface area contributed by atoms with Gasteiger partial charge in [0.2, 0.25) is 0 Å². The first kappa shape index (κ1) is 20.1. The van der Waals surface area contributed by atoms with Crippen molar-refractivity contribution in [2.45, 2.75) is 20.3 Å². The third kappa shape index (κ3) is 5.19. The van der Waals surface area contributed by atoms with Crippen molar-refractivity contribution in [1.29, 1.82) is 0 Å². The van der Waals surface area contributed by atoms with Crippen LogP contribution in [-0.4, -0.2) is 28.8 Å². The Kier molecular flexibility index (Phi) is 6.46. The van der Waals surface area contributed by atoms with E-state index in [9.17, 15) is 9.18 Å². The Balaban J connectivity index is 1.45. The Morgan fingerprint density at radius 1 is 1.18 bits per heavy atom. The molecule has 0 radical (unpaired) electrons. The van der Waals surface area contributed by atoms with Gasteiger partial charge in [-0.2, -0.15) is 5.10 Å². The number of hydrogen-bond acceptors (Lipinski definition) is 3.